The first-order valence-electron chi connectivity index (χ1n) is 8.39. The molecule has 5 heteroatoms. The van der Waals surface area contributed by atoms with E-state index in [0.29, 0.717) is 11.8 Å². The third kappa shape index (κ3) is 5.04. The molecule has 1 amide bonds. The Hall–Kier alpha value is -0.973. The van der Waals surface area contributed by atoms with Gasteiger partial charge in [-0.2, -0.15) is 0 Å². The highest BCUT2D eigenvalue weighted by molar-refractivity contribution is 6.70. The summed E-state index contributed by atoms with van der Waals surface area (Å²) in [6.07, 6.45) is 5.19. The van der Waals surface area contributed by atoms with E-state index >= 15 is 0 Å². The summed E-state index contributed by atoms with van der Waals surface area (Å²) in [5.74, 6) is 2.39. The fourth-order valence-corrected chi connectivity index (χ4v) is 4.16. The van der Waals surface area contributed by atoms with E-state index < -0.39 is 13.9 Å². The Kier molecular flexibility index (Phi) is 4.95. The molecule has 0 aromatic carbocycles. The van der Waals surface area contributed by atoms with Crippen LogP contribution in [0.5, 0.6) is 0 Å². The number of piperidine rings is 1. The molecule has 0 N–H and O–H groups in total. The zero-order valence-corrected chi connectivity index (χ0v) is 15.9. The molecule has 1 heterocycles. The first-order valence-corrected chi connectivity index (χ1v) is 11.8. The molecule has 0 bridgehead atoms. The minimum Gasteiger partial charge on any atom is -0.548 e. The Labute approximate surface area is 136 Å². The van der Waals surface area contributed by atoms with Crippen molar-refractivity contribution in [3.8, 4) is 0 Å². The lowest BCUT2D eigenvalue weighted by molar-refractivity contribution is 0.00888. The van der Waals surface area contributed by atoms with E-state index in [1.165, 1.54) is 5.76 Å². The molecule has 0 aromatic rings. The maximum atomic E-state index is 12.2. The molecule has 126 valence electrons. The molecular formula is C17H31NO3Si. The van der Waals surface area contributed by atoms with Crippen LogP contribution in [0, 0.1) is 11.8 Å². The van der Waals surface area contributed by atoms with E-state index in [4.69, 9.17) is 9.16 Å². The van der Waals surface area contributed by atoms with E-state index in [9.17, 15) is 4.79 Å². The quantitative estimate of drug-likeness (QED) is 0.707. The monoisotopic (exact) mass is 325 g/mol. The van der Waals surface area contributed by atoms with E-state index in [0.717, 1.165) is 32.4 Å². The van der Waals surface area contributed by atoms with Crippen LogP contribution < -0.4 is 0 Å². The summed E-state index contributed by atoms with van der Waals surface area (Å²) in [6.45, 7) is 14.1. The zero-order valence-electron chi connectivity index (χ0n) is 14.9. The number of rotatable bonds is 2. The van der Waals surface area contributed by atoms with Gasteiger partial charge < -0.3 is 14.1 Å². The molecule has 0 aromatic heterocycles. The number of likely N-dealkylation sites (tertiary alicyclic amines) is 1. The summed E-state index contributed by atoms with van der Waals surface area (Å²) in [6, 6.07) is 0. The second-order valence-electron chi connectivity index (χ2n) is 8.56. The van der Waals surface area contributed by atoms with Crippen molar-refractivity contribution in [3.63, 3.8) is 0 Å². The number of amides is 1. The number of carbonyl (C=O) groups excluding carboxylic acids is 1. The molecule has 0 spiro atoms. The molecular weight excluding hydrogens is 294 g/mol. The lowest BCUT2D eigenvalue weighted by Crippen LogP contribution is -2.46. The maximum absolute atomic E-state index is 12.2. The first kappa shape index (κ1) is 17.4. The van der Waals surface area contributed by atoms with Crippen molar-refractivity contribution in [2.75, 3.05) is 13.1 Å². The van der Waals surface area contributed by atoms with Gasteiger partial charge in [0, 0.05) is 19.5 Å². The van der Waals surface area contributed by atoms with E-state index in [1.807, 2.05) is 25.7 Å². The van der Waals surface area contributed by atoms with E-state index in [-0.39, 0.29) is 6.09 Å². The standard InChI is InChI=1S/C17H31NO3Si/c1-17(2,3)20-16(19)18-10-9-13-11-15(21-22(4,5)6)8-7-14(13)12-18/h8,13-14H,7,9-12H2,1-6H3/t13-,14+/m1/s1. The predicted octanol–water partition coefficient (Wildman–Crippen LogP) is 4.39. The van der Waals surface area contributed by atoms with Crippen LogP contribution in [0.1, 0.15) is 40.0 Å². The van der Waals surface area contributed by atoms with Crippen LogP contribution >= 0.6 is 0 Å². The summed E-state index contributed by atoms with van der Waals surface area (Å²) in [5, 5.41) is 0. The number of allylic oxidation sites excluding steroid dienone is 2. The Morgan fingerprint density at radius 1 is 1.27 bits per heavy atom. The molecule has 0 radical (unpaired) electrons. The second-order valence-corrected chi connectivity index (χ2v) is 13.0. The molecule has 2 aliphatic rings. The van der Waals surface area contributed by atoms with Crippen molar-refractivity contribution in [2.45, 2.75) is 65.3 Å². The highest BCUT2D eigenvalue weighted by atomic mass is 28.4. The lowest BCUT2D eigenvalue weighted by Gasteiger charge is -2.41. The molecule has 22 heavy (non-hydrogen) atoms. The molecule has 0 unspecified atom stereocenters. The van der Waals surface area contributed by atoms with Gasteiger partial charge >= 0.3 is 6.09 Å². The van der Waals surface area contributed by atoms with Crippen molar-refractivity contribution >= 4 is 14.4 Å². The largest absolute Gasteiger partial charge is 0.548 e. The SMILES string of the molecule is CC(C)(C)OC(=O)N1CC[C@@H]2CC(O[Si](C)(C)C)=CC[C@H]2C1. The van der Waals surface area contributed by atoms with Gasteiger partial charge in [-0.25, -0.2) is 4.79 Å². The van der Waals surface area contributed by atoms with Crippen molar-refractivity contribution in [2.24, 2.45) is 11.8 Å². The molecule has 2 rings (SSSR count). The average Bonchev–Trinajstić information content (AvgIpc) is 2.34. The number of fused-ring (bicyclic) bond motifs is 1. The number of carbonyl (C=O) groups is 1. The minimum absolute atomic E-state index is 0.168. The first-order chi connectivity index (χ1) is 10.0. The Morgan fingerprint density at radius 2 is 1.95 bits per heavy atom. The van der Waals surface area contributed by atoms with Gasteiger partial charge in [0.1, 0.15) is 5.60 Å². The highest BCUT2D eigenvalue weighted by Crippen LogP contribution is 2.37. The van der Waals surface area contributed by atoms with Gasteiger partial charge in [0.25, 0.3) is 0 Å². The van der Waals surface area contributed by atoms with Crippen LogP contribution in [-0.2, 0) is 9.16 Å². The van der Waals surface area contributed by atoms with Gasteiger partial charge in [-0.15, -0.1) is 0 Å². The van der Waals surface area contributed by atoms with Crippen molar-refractivity contribution in [1.29, 1.82) is 0 Å². The summed E-state index contributed by atoms with van der Waals surface area (Å²) >= 11 is 0. The predicted molar refractivity (Wildman–Crippen MR) is 91.2 cm³/mol. The molecule has 1 fully saturated rings. The number of hydrogen-bond acceptors (Lipinski definition) is 3. The molecule has 0 saturated carbocycles. The van der Waals surface area contributed by atoms with Crippen LogP contribution in [0.3, 0.4) is 0 Å². The summed E-state index contributed by atoms with van der Waals surface area (Å²) in [5.41, 5.74) is -0.418. The Balaban J connectivity index is 1.92. The van der Waals surface area contributed by atoms with Crippen LogP contribution in [0.2, 0.25) is 19.6 Å². The Morgan fingerprint density at radius 3 is 2.55 bits per heavy atom. The fraction of sp³-hybridized carbons (Fsp3) is 0.824. The summed E-state index contributed by atoms with van der Waals surface area (Å²) < 4.78 is 11.7. The molecule has 1 saturated heterocycles. The Bertz CT molecular complexity index is 448. The number of ether oxygens (including phenoxy) is 1. The van der Waals surface area contributed by atoms with Crippen molar-refractivity contribution < 1.29 is 14.0 Å². The third-order valence-electron chi connectivity index (χ3n) is 4.09. The van der Waals surface area contributed by atoms with Gasteiger partial charge in [0.2, 0.25) is 8.32 Å². The summed E-state index contributed by atoms with van der Waals surface area (Å²) in [7, 11) is -1.51. The third-order valence-corrected chi connectivity index (χ3v) is 4.97. The number of nitrogens with zero attached hydrogens (tertiary/aromatic N) is 1. The van der Waals surface area contributed by atoms with Gasteiger partial charge in [-0.05, 0) is 71.2 Å². The average molecular weight is 326 g/mol. The van der Waals surface area contributed by atoms with Crippen LogP contribution in [0.4, 0.5) is 4.79 Å². The van der Waals surface area contributed by atoms with E-state index in [1.54, 1.807) is 0 Å². The summed E-state index contributed by atoms with van der Waals surface area (Å²) in [4.78, 5) is 14.1. The van der Waals surface area contributed by atoms with Crippen molar-refractivity contribution in [1.82, 2.24) is 4.90 Å². The molecule has 1 aliphatic heterocycles. The second kappa shape index (κ2) is 6.26. The van der Waals surface area contributed by atoms with Crippen LogP contribution in [0.15, 0.2) is 11.8 Å². The zero-order chi connectivity index (χ0) is 16.5. The van der Waals surface area contributed by atoms with Crippen LogP contribution in [-0.4, -0.2) is 38.0 Å². The van der Waals surface area contributed by atoms with Gasteiger partial charge in [0.15, 0.2) is 0 Å². The molecule has 1 aliphatic carbocycles. The maximum Gasteiger partial charge on any atom is 0.410 e. The highest BCUT2D eigenvalue weighted by Gasteiger charge is 2.36. The van der Waals surface area contributed by atoms with Gasteiger partial charge in [-0.3, -0.25) is 0 Å². The molecule has 2 atom stereocenters. The normalized spacial score (nSPS) is 26.1. The fourth-order valence-electron chi connectivity index (χ4n) is 3.21. The topological polar surface area (TPSA) is 38.8 Å². The smallest absolute Gasteiger partial charge is 0.410 e. The van der Waals surface area contributed by atoms with Crippen LogP contribution in [0.25, 0.3) is 0 Å². The minimum atomic E-state index is -1.51. The van der Waals surface area contributed by atoms with Gasteiger partial charge in [-0.1, -0.05) is 0 Å². The number of hydrogen-bond donors (Lipinski definition) is 0. The van der Waals surface area contributed by atoms with Gasteiger partial charge in [0.05, 0.1) is 5.76 Å². The lowest BCUT2D eigenvalue weighted by atomic mass is 9.77. The van der Waals surface area contributed by atoms with Crippen molar-refractivity contribution in [3.05, 3.63) is 11.8 Å². The molecule has 4 nitrogen and oxygen atoms in total. The van der Waals surface area contributed by atoms with E-state index in [2.05, 4.69) is 25.7 Å².